The van der Waals surface area contributed by atoms with Crippen molar-refractivity contribution in [2.75, 3.05) is 16.2 Å². The molecule has 1 N–H and O–H groups in total. The van der Waals surface area contributed by atoms with Gasteiger partial charge in [-0.25, -0.2) is 8.42 Å². The highest BCUT2D eigenvalue weighted by atomic mass is 32.2. The van der Waals surface area contributed by atoms with Crippen molar-refractivity contribution < 1.29 is 13.2 Å². The standard InChI is InChI=1S/C25H26N2O3S/c1-5-19-10-11-22-21(14-19)20-8-6-7-9-23(20)31(29,30)27(22)15-24(28)26-25-17(3)12-16(2)13-18(25)4/h6-14H,5,15H2,1-4H3,(H,26,28). The molecule has 0 aromatic heterocycles. The van der Waals surface area contributed by atoms with E-state index in [0.717, 1.165) is 39.9 Å². The molecule has 6 heteroatoms. The lowest BCUT2D eigenvalue weighted by molar-refractivity contribution is -0.114. The minimum Gasteiger partial charge on any atom is -0.324 e. The molecular formula is C25H26N2O3S. The van der Waals surface area contributed by atoms with Crippen molar-refractivity contribution in [3.63, 3.8) is 0 Å². The molecule has 0 atom stereocenters. The Bertz CT molecular complexity index is 1270. The predicted octanol–water partition coefficient (Wildman–Crippen LogP) is 4.99. The number of hydrogen-bond donors (Lipinski definition) is 1. The topological polar surface area (TPSA) is 66.5 Å². The number of nitrogens with zero attached hydrogens (tertiary/aromatic N) is 1. The second-order valence-corrected chi connectivity index (χ2v) is 9.87. The first-order valence-corrected chi connectivity index (χ1v) is 11.8. The molecule has 160 valence electrons. The molecule has 0 spiro atoms. The van der Waals surface area contributed by atoms with Gasteiger partial charge in [-0.2, -0.15) is 0 Å². The number of carbonyl (C=O) groups is 1. The zero-order chi connectivity index (χ0) is 22.3. The molecule has 0 fully saturated rings. The number of anilines is 2. The largest absolute Gasteiger partial charge is 0.324 e. The van der Waals surface area contributed by atoms with E-state index in [-0.39, 0.29) is 17.3 Å². The van der Waals surface area contributed by atoms with Gasteiger partial charge >= 0.3 is 0 Å². The van der Waals surface area contributed by atoms with Crippen LogP contribution in [0, 0.1) is 20.8 Å². The van der Waals surface area contributed by atoms with Gasteiger partial charge in [0.15, 0.2) is 0 Å². The fraction of sp³-hybridized carbons (Fsp3) is 0.240. The minimum atomic E-state index is -3.86. The quantitative estimate of drug-likeness (QED) is 0.629. The van der Waals surface area contributed by atoms with E-state index in [1.807, 2.05) is 57.2 Å². The van der Waals surface area contributed by atoms with E-state index in [0.29, 0.717) is 11.3 Å². The number of amides is 1. The highest BCUT2D eigenvalue weighted by molar-refractivity contribution is 7.93. The molecule has 0 radical (unpaired) electrons. The van der Waals surface area contributed by atoms with Gasteiger partial charge in [-0.05, 0) is 62.1 Å². The molecule has 4 rings (SSSR count). The van der Waals surface area contributed by atoms with Gasteiger partial charge in [-0.15, -0.1) is 0 Å². The van der Waals surface area contributed by atoms with Crippen LogP contribution < -0.4 is 9.62 Å². The Hall–Kier alpha value is -3.12. The lowest BCUT2D eigenvalue weighted by Crippen LogP contribution is -2.40. The Labute approximate surface area is 183 Å². The molecule has 0 saturated carbocycles. The molecular weight excluding hydrogens is 408 g/mol. The summed E-state index contributed by atoms with van der Waals surface area (Å²) >= 11 is 0. The Morgan fingerprint density at radius 1 is 0.935 bits per heavy atom. The third-order valence-corrected chi connectivity index (χ3v) is 7.53. The second kappa shape index (κ2) is 7.85. The smallest absolute Gasteiger partial charge is 0.265 e. The average molecular weight is 435 g/mol. The van der Waals surface area contributed by atoms with E-state index in [1.54, 1.807) is 18.2 Å². The molecule has 1 heterocycles. The van der Waals surface area contributed by atoms with Crippen molar-refractivity contribution in [1.29, 1.82) is 0 Å². The molecule has 0 unspecified atom stereocenters. The summed E-state index contributed by atoms with van der Waals surface area (Å²) in [6.45, 7) is 7.65. The molecule has 1 aliphatic heterocycles. The first-order chi connectivity index (χ1) is 14.7. The summed E-state index contributed by atoms with van der Waals surface area (Å²) in [6.07, 6.45) is 0.842. The first-order valence-electron chi connectivity index (χ1n) is 10.3. The Kier molecular flexibility index (Phi) is 5.35. The van der Waals surface area contributed by atoms with Crippen molar-refractivity contribution in [1.82, 2.24) is 0 Å². The van der Waals surface area contributed by atoms with Gasteiger partial charge in [0, 0.05) is 16.8 Å². The fourth-order valence-corrected chi connectivity index (χ4v) is 5.90. The summed E-state index contributed by atoms with van der Waals surface area (Å²) in [6, 6.07) is 16.7. The van der Waals surface area contributed by atoms with Gasteiger partial charge in [0.2, 0.25) is 5.91 Å². The molecule has 3 aromatic rings. The van der Waals surface area contributed by atoms with E-state index >= 15 is 0 Å². The molecule has 3 aromatic carbocycles. The summed E-state index contributed by atoms with van der Waals surface area (Å²) in [5.41, 5.74) is 6.90. The van der Waals surface area contributed by atoms with Gasteiger partial charge in [0.1, 0.15) is 6.54 Å². The van der Waals surface area contributed by atoms with Crippen molar-refractivity contribution in [3.05, 3.63) is 76.9 Å². The third kappa shape index (κ3) is 3.72. The average Bonchev–Trinajstić information content (AvgIpc) is 2.73. The maximum Gasteiger partial charge on any atom is 0.265 e. The van der Waals surface area contributed by atoms with Crippen molar-refractivity contribution in [3.8, 4) is 11.1 Å². The van der Waals surface area contributed by atoms with Crippen LogP contribution in [0.4, 0.5) is 11.4 Å². The van der Waals surface area contributed by atoms with Gasteiger partial charge < -0.3 is 5.32 Å². The van der Waals surface area contributed by atoms with Gasteiger partial charge in [-0.1, -0.05) is 48.9 Å². The van der Waals surface area contributed by atoms with Crippen molar-refractivity contribution >= 4 is 27.3 Å². The number of fused-ring (bicyclic) bond motifs is 3. The van der Waals surface area contributed by atoms with E-state index < -0.39 is 10.0 Å². The Morgan fingerprint density at radius 3 is 2.29 bits per heavy atom. The number of nitrogens with one attached hydrogen (secondary N) is 1. The van der Waals surface area contributed by atoms with Crippen LogP contribution in [-0.2, 0) is 21.2 Å². The van der Waals surface area contributed by atoms with Crippen LogP contribution in [0.5, 0.6) is 0 Å². The van der Waals surface area contributed by atoms with E-state index in [1.165, 1.54) is 4.31 Å². The van der Waals surface area contributed by atoms with Crippen molar-refractivity contribution in [2.24, 2.45) is 0 Å². The van der Waals surface area contributed by atoms with Gasteiger partial charge in [-0.3, -0.25) is 9.10 Å². The first kappa shape index (κ1) is 21.1. The van der Waals surface area contributed by atoms with Crippen LogP contribution in [0.25, 0.3) is 11.1 Å². The maximum absolute atomic E-state index is 13.4. The number of aryl methyl sites for hydroxylation is 4. The second-order valence-electron chi connectivity index (χ2n) is 8.03. The molecule has 0 bridgehead atoms. The zero-order valence-corrected chi connectivity index (χ0v) is 19.0. The minimum absolute atomic E-state index is 0.228. The highest BCUT2D eigenvalue weighted by Gasteiger charge is 2.36. The zero-order valence-electron chi connectivity index (χ0n) is 18.2. The summed E-state index contributed by atoms with van der Waals surface area (Å²) in [4.78, 5) is 13.2. The molecule has 5 nitrogen and oxygen atoms in total. The summed E-state index contributed by atoms with van der Waals surface area (Å²) in [5.74, 6) is -0.372. The van der Waals surface area contributed by atoms with Gasteiger partial charge in [0.25, 0.3) is 10.0 Å². The van der Waals surface area contributed by atoms with Crippen molar-refractivity contribution in [2.45, 2.75) is 39.0 Å². The molecule has 1 amide bonds. The number of carbonyl (C=O) groups excluding carboxylic acids is 1. The molecule has 31 heavy (non-hydrogen) atoms. The molecule has 1 aliphatic rings. The maximum atomic E-state index is 13.4. The Balaban J connectivity index is 1.74. The molecule has 0 saturated heterocycles. The number of rotatable bonds is 4. The summed E-state index contributed by atoms with van der Waals surface area (Å²) in [5, 5.41) is 2.92. The molecule has 0 aliphatic carbocycles. The van der Waals surface area contributed by atoms with Gasteiger partial charge in [0.05, 0.1) is 10.6 Å². The number of benzene rings is 3. The van der Waals surface area contributed by atoms with Crippen LogP contribution in [-0.4, -0.2) is 20.9 Å². The summed E-state index contributed by atoms with van der Waals surface area (Å²) in [7, 11) is -3.86. The van der Waals surface area contributed by atoms with Crippen LogP contribution in [0.3, 0.4) is 0 Å². The Morgan fingerprint density at radius 2 is 1.61 bits per heavy atom. The van der Waals surface area contributed by atoms with Crippen LogP contribution in [0.1, 0.15) is 29.2 Å². The lowest BCUT2D eigenvalue weighted by atomic mass is 9.99. The monoisotopic (exact) mass is 434 g/mol. The third-order valence-electron chi connectivity index (χ3n) is 5.71. The van der Waals surface area contributed by atoms with E-state index in [4.69, 9.17) is 0 Å². The highest BCUT2D eigenvalue weighted by Crippen LogP contribution is 2.43. The lowest BCUT2D eigenvalue weighted by Gasteiger charge is -2.32. The van der Waals surface area contributed by atoms with E-state index in [9.17, 15) is 13.2 Å². The SMILES string of the molecule is CCc1ccc2c(c1)-c1ccccc1S(=O)(=O)N2CC(=O)Nc1c(C)cc(C)cc1C. The fourth-order valence-electron chi connectivity index (χ4n) is 4.26. The predicted molar refractivity (Wildman–Crippen MR) is 125 cm³/mol. The van der Waals surface area contributed by atoms with Crippen LogP contribution in [0.15, 0.2) is 59.5 Å². The van der Waals surface area contributed by atoms with E-state index in [2.05, 4.69) is 12.2 Å². The normalized spacial score (nSPS) is 14.0. The number of hydrogen-bond acceptors (Lipinski definition) is 3. The van der Waals surface area contributed by atoms with Crippen LogP contribution >= 0.6 is 0 Å². The van der Waals surface area contributed by atoms with Crippen LogP contribution in [0.2, 0.25) is 0 Å². The number of sulfonamides is 1. The summed E-state index contributed by atoms with van der Waals surface area (Å²) < 4.78 is 28.1.